The van der Waals surface area contributed by atoms with Crippen molar-refractivity contribution in [2.45, 2.75) is 32.1 Å². The van der Waals surface area contributed by atoms with Gasteiger partial charge in [0.1, 0.15) is 24.7 Å². The molecule has 0 atom stereocenters. The van der Waals surface area contributed by atoms with Crippen LogP contribution >= 0.6 is 11.3 Å². The predicted molar refractivity (Wildman–Crippen MR) is 175 cm³/mol. The summed E-state index contributed by atoms with van der Waals surface area (Å²) in [5.41, 5.74) is 3.85. The number of hydrogen-bond donors (Lipinski definition) is 0. The maximum atomic E-state index is 11.8. The molecular weight excluding hydrogens is 592 g/mol. The molecule has 240 valence electrons. The summed E-state index contributed by atoms with van der Waals surface area (Å²) in [6, 6.07) is 25.7. The first-order valence-corrected chi connectivity index (χ1v) is 16.3. The normalized spacial score (nSPS) is 15.0. The molecule has 10 heteroatoms. The van der Waals surface area contributed by atoms with E-state index in [9.17, 15) is 4.79 Å². The number of amides is 1. The lowest BCUT2D eigenvalue weighted by molar-refractivity contribution is -0.622. The van der Waals surface area contributed by atoms with E-state index in [4.69, 9.17) is 9.47 Å². The zero-order valence-corrected chi connectivity index (χ0v) is 26.9. The maximum Gasteiger partial charge on any atom is 0.222 e. The van der Waals surface area contributed by atoms with Crippen LogP contribution in [-0.2, 0) is 31.1 Å². The number of fused-ring (bicyclic) bond motifs is 1. The molecule has 0 radical (unpaired) electrons. The van der Waals surface area contributed by atoms with E-state index in [2.05, 4.69) is 85.4 Å². The molecule has 3 heterocycles. The quantitative estimate of drug-likeness (QED) is 0.0863. The van der Waals surface area contributed by atoms with Crippen LogP contribution in [0.2, 0.25) is 0 Å². The van der Waals surface area contributed by atoms with Gasteiger partial charge in [0.05, 0.1) is 20.8 Å². The molecule has 6 rings (SSSR count). The van der Waals surface area contributed by atoms with Crippen molar-refractivity contribution in [3.8, 4) is 21.9 Å². The van der Waals surface area contributed by atoms with Gasteiger partial charge in [0.25, 0.3) is 0 Å². The number of benzene rings is 3. The van der Waals surface area contributed by atoms with Gasteiger partial charge >= 0.3 is 0 Å². The molecule has 2 aliphatic heterocycles. The number of carbonyl (C=O) groups excluding carboxylic acids is 1. The van der Waals surface area contributed by atoms with Crippen molar-refractivity contribution in [1.82, 2.24) is 9.80 Å². The highest BCUT2D eigenvalue weighted by molar-refractivity contribution is 7.22. The highest BCUT2D eigenvalue weighted by atomic mass is 32.1. The minimum Gasteiger partial charge on any atom is -0.492 e. The fraction of sp³-hybridized carbons (Fsp3) is 0.400. The van der Waals surface area contributed by atoms with Gasteiger partial charge in [-0.1, -0.05) is 30.3 Å². The Balaban J connectivity index is 0.000000609. The minimum atomic E-state index is 0.242. The fourth-order valence-corrected chi connectivity index (χ4v) is 6.91. The number of rotatable bonds is 14. The van der Waals surface area contributed by atoms with E-state index < -0.39 is 0 Å². The van der Waals surface area contributed by atoms with Crippen molar-refractivity contribution in [3.63, 3.8) is 0 Å². The number of ether oxygens (including phenoxy) is 2. The van der Waals surface area contributed by atoms with Gasteiger partial charge in [0.2, 0.25) is 5.91 Å². The van der Waals surface area contributed by atoms with E-state index in [1.165, 1.54) is 71.8 Å². The number of nitrogens with zero attached hydrogens (tertiary/aromatic N) is 2. The zero-order chi connectivity index (χ0) is 31.3. The summed E-state index contributed by atoms with van der Waals surface area (Å²) in [4.78, 5) is 25.4. The monoisotopic (exact) mass is 634 g/mol. The van der Waals surface area contributed by atoms with Crippen LogP contribution in [0.5, 0.6) is 11.5 Å². The lowest BCUT2D eigenvalue weighted by atomic mass is 9.99. The molecule has 2 aliphatic rings. The Morgan fingerprint density at radius 2 is 1.38 bits per heavy atom. The van der Waals surface area contributed by atoms with E-state index in [1.54, 1.807) is 0 Å². The summed E-state index contributed by atoms with van der Waals surface area (Å²) < 4.78 is 13.3. The van der Waals surface area contributed by atoms with Crippen LogP contribution in [0.4, 0.5) is 0 Å². The molecule has 0 aliphatic carbocycles. The second-order valence-electron chi connectivity index (χ2n) is 11.0. The second-order valence-corrected chi connectivity index (χ2v) is 12.0. The van der Waals surface area contributed by atoms with Crippen molar-refractivity contribution in [2.24, 2.45) is 0 Å². The fourth-order valence-electron chi connectivity index (χ4n) is 5.69. The molecule has 4 aromatic rings. The average Bonchev–Trinajstić information content (AvgIpc) is 3.83. The molecular formula is C35H42N2O7S. The van der Waals surface area contributed by atoms with Gasteiger partial charge in [0.15, 0.2) is 0 Å². The van der Waals surface area contributed by atoms with E-state index in [0.29, 0.717) is 19.6 Å². The first-order valence-electron chi connectivity index (χ1n) is 15.5. The number of hydrogen-bond acceptors (Lipinski definition) is 9. The summed E-state index contributed by atoms with van der Waals surface area (Å²) in [5, 5.41) is 8.84. The van der Waals surface area contributed by atoms with Gasteiger partial charge in [-0.2, -0.15) is 0 Å². The molecule has 0 saturated carbocycles. The van der Waals surface area contributed by atoms with Gasteiger partial charge in [0, 0.05) is 29.1 Å². The minimum absolute atomic E-state index is 0.242. The van der Waals surface area contributed by atoms with Gasteiger partial charge in [-0.3, -0.25) is 9.69 Å². The molecule has 0 unspecified atom stereocenters. The molecule has 3 aromatic carbocycles. The molecule has 2 saturated heterocycles. The van der Waals surface area contributed by atoms with E-state index in [0.717, 1.165) is 44.0 Å². The van der Waals surface area contributed by atoms with Gasteiger partial charge in [-0.05, 0) is 113 Å². The van der Waals surface area contributed by atoms with Crippen LogP contribution in [0, 0.1) is 0 Å². The predicted octanol–water partition coefficient (Wildman–Crippen LogP) is 6.69. The zero-order valence-electron chi connectivity index (χ0n) is 26.1. The van der Waals surface area contributed by atoms with Crippen LogP contribution in [-0.4, -0.2) is 75.9 Å². The number of thiophene rings is 1. The molecule has 45 heavy (non-hydrogen) atoms. The van der Waals surface area contributed by atoms with Gasteiger partial charge in [-0.25, -0.2) is 9.78 Å². The molecule has 0 N–H and O–H groups in total. The Kier molecular flexibility index (Phi) is 12.6. The second kappa shape index (κ2) is 17.3. The summed E-state index contributed by atoms with van der Waals surface area (Å²) in [6.45, 7) is 6.19. The highest BCUT2D eigenvalue weighted by Gasteiger charge is 2.19. The molecule has 2 fully saturated rings. The standard InChI is InChI=1S/C33H36N2O3S.C2H6O4/c36-32-8-5-19-35(32)21-23-38-28-15-11-26(12-16-28)33-30(29-6-1-2-7-31(29)39-33)24-25-9-13-27(14-10-25)37-22-20-34-17-3-4-18-34;1-3-5-6-4-2/h1-2,6-7,9-16H,3-5,8,17-24H2;1-2H3. The van der Waals surface area contributed by atoms with Crippen molar-refractivity contribution in [2.75, 3.05) is 60.2 Å². The Hall–Kier alpha value is -3.51. The van der Waals surface area contributed by atoms with Crippen LogP contribution in [0.15, 0.2) is 72.8 Å². The van der Waals surface area contributed by atoms with Crippen molar-refractivity contribution in [3.05, 3.63) is 83.9 Å². The Labute approximate surface area is 268 Å². The van der Waals surface area contributed by atoms with Crippen molar-refractivity contribution >= 4 is 27.3 Å². The van der Waals surface area contributed by atoms with Crippen LogP contribution in [0.1, 0.15) is 36.8 Å². The average molecular weight is 635 g/mol. The van der Waals surface area contributed by atoms with Gasteiger partial charge < -0.3 is 14.4 Å². The van der Waals surface area contributed by atoms with Crippen LogP contribution in [0.25, 0.3) is 20.5 Å². The third-order valence-electron chi connectivity index (χ3n) is 7.96. The molecule has 1 aromatic heterocycles. The lowest BCUT2D eigenvalue weighted by Crippen LogP contribution is -2.29. The number of likely N-dealkylation sites (tertiary alicyclic amines) is 2. The van der Waals surface area contributed by atoms with Crippen LogP contribution < -0.4 is 9.47 Å². The summed E-state index contributed by atoms with van der Waals surface area (Å²) >= 11 is 1.85. The highest BCUT2D eigenvalue weighted by Crippen LogP contribution is 2.40. The summed E-state index contributed by atoms with van der Waals surface area (Å²) in [5.74, 6) is 2.03. The van der Waals surface area contributed by atoms with E-state index in [-0.39, 0.29) is 5.91 Å². The van der Waals surface area contributed by atoms with Gasteiger partial charge in [-0.15, -0.1) is 11.3 Å². The largest absolute Gasteiger partial charge is 0.492 e. The first-order chi connectivity index (χ1) is 22.1. The summed E-state index contributed by atoms with van der Waals surface area (Å²) in [6.07, 6.45) is 5.13. The maximum absolute atomic E-state index is 11.8. The molecule has 0 bridgehead atoms. The van der Waals surface area contributed by atoms with Crippen molar-refractivity contribution < 1.29 is 34.1 Å². The van der Waals surface area contributed by atoms with Crippen molar-refractivity contribution in [1.29, 1.82) is 0 Å². The SMILES string of the molecule is COOOOC.O=C1CCCN1CCOc1ccc(-c2sc3ccccc3c2Cc2ccc(OCCN3CCCC3)cc2)cc1. The Morgan fingerprint density at radius 3 is 2.02 bits per heavy atom. The lowest BCUT2D eigenvalue weighted by Gasteiger charge is -2.16. The molecule has 1 amide bonds. The van der Waals surface area contributed by atoms with E-state index >= 15 is 0 Å². The third kappa shape index (κ3) is 9.49. The Morgan fingerprint density at radius 1 is 0.733 bits per heavy atom. The number of carbonyl (C=O) groups is 1. The summed E-state index contributed by atoms with van der Waals surface area (Å²) in [7, 11) is 2.61. The topological polar surface area (TPSA) is 78.9 Å². The Bertz CT molecular complexity index is 1470. The third-order valence-corrected chi connectivity index (χ3v) is 9.22. The molecule has 9 nitrogen and oxygen atoms in total. The van der Waals surface area contributed by atoms with E-state index in [1.807, 2.05) is 28.4 Å². The van der Waals surface area contributed by atoms with Crippen LogP contribution in [0.3, 0.4) is 0 Å². The smallest absolute Gasteiger partial charge is 0.222 e. The first kappa shape index (κ1) is 32.9. The molecule has 0 spiro atoms.